The highest BCUT2D eigenvalue weighted by molar-refractivity contribution is 6.31. The van der Waals surface area contributed by atoms with Crippen molar-refractivity contribution in [2.24, 2.45) is 0 Å². The van der Waals surface area contributed by atoms with Crippen molar-refractivity contribution in [3.63, 3.8) is 0 Å². The van der Waals surface area contributed by atoms with Crippen molar-refractivity contribution in [1.29, 1.82) is 0 Å². The van der Waals surface area contributed by atoms with Crippen molar-refractivity contribution < 1.29 is 4.79 Å². The molecule has 1 aliphatic rings. The first-order valence-electron chi connectivity index (χ1n) is 6.53. The van der Waals surface area contributed by atoms with Crippen LogP contribution in [0.4, 0.5) is 0 Å². The van der Waals surface area contributed by atoms with Crippen LogP contribution in [-0.4, -0.2) is 43.5 Å². The second-order valence-corrected chi connectivity index (χ2v) is 5.30. The summed E-state index contributed by atoms with van der Waals surface area (Å²) in [6.45, 7) is 5.21. The van der Waals surface area contributed by atoms with E-state index in [1.807, 2.05) is 19.1 Å². The zero-order chi connectivity index (χ0) is 13.8. The van der Waals surface area contributed by atoms with E-state index in [-0.39, 0.29) is 11.9 Å². The summed E-state index contributed by atoms with van der Waals surface area (Å²) in [6.07, 6.45) is 0. The molecule has 0 spiro atoms. The lowest BCUT2D eigenvalue weighted by molar-refractivity contribution is -0.126. The van der Waals surface area contributed by atoms with E-state index >= 15 is 0 Å². The Bertz CT molecular complexity index is 464. The van der Waals surface area contributed by atoms with Gasteiger partial charge in [0.25, 0.3) is 0 Å². The van der Waals surface area contributed by atoms with Crippen molar-refractivity contribution in [3.8, 4) is 0 Å². The molecule has 0 saturated carbocycles. The summed E-state index contributed by atoms with van der Waals surface area (Å²) < 4.78 is 0. The minimum atomic E-state index is -0.112. The van der Waals surface area contributed by atoms with E-state index in [9.17, 15) is 4.79 Å². The van der Waals surface area contributed by atoms with Gasteiger partial charge in [-0.3, -0.25) is 9.69 Å². The van der Waals surface area contributed by atoms with Crippen LogP contribution in [0.25, 0.3) is 0 Å². The number of halogens is 1. The predicted octanol–water partition coefficient (Wildman–Crippen LogP) is 1.17. The summed E-state index contributed by atoms with van der Waals surface area (Å²) in [4.78, 5) is 14.1. The number of nitrogens with one attached hydrogen (secondary N) is 2. The molecule has 5 heteroatoms. The summed E-state index contributed by atoms with van der Waals surface area (Å²) in [5, 5.41) is 6.76. The average molecular weight is 282 g/mol. The number of hydrogen-bond donors (Lipinski definition) is 2. The number of likely N-dealkylation sites (N-methyl/N-ethyl adjacent to an activating group) is 1. The molecule has 1 atom stereocenters. The minimum Gasteiger partial charge on any atom is -0.358 e. The lowest BCUT2D eigenvalue weighted by Crippen LogP contribution is -2.56. The second-order valence-electron chi connectivity index (χ2n) is 4.89. The van der Waals surface area contributed by atoms with Crippen LogP contribution in [-0.2, 0) is 11.3 Å². The van der Waals surface area contributed by atoms with E-state index < -0.39 is 0 Å². The van der Waals surface area contributed by atoms with Crippen LogP contribution in [0.2, 0.25) is 5.02 Å². The highest BCUT2D eigenvalue weighted by Gasteiger charge is 2.27. The highest BCUT2D eigenvalue weighted by Crippen LogP contribution is 2.19. The first-order valence-corrected chi connectivity index (χ1v) is 6.91. The topological polar surface area (TPSA) is 44.4 Å². The molecule has 0 aliphatic carbocycles. The van der Waals surface area contributed by atoms with E-state index in [1.54, 1.807) is 7.05 Å². The Morgan fingerprint density at radius 1 is 1.58 bits per heavy atom. The summed E-state index contributed by atoms with van der Waals surface area (Å²) in [6, 6.07) is 5.97. The predicted molar refractivity (Wildman–Crippen MR) is 77.3 cm³/mol. The maximum atomic E-state index is 11.9. The lowest BCUT2D eigenvalue weighted by atomic mass is 10.1. The monoisotopic (exact) mass is 281 g/mol. The SMILES string of the molecule is CNC(=O)C1CNCCN1Cc1ccc(C)c(Cl)c1. The summed E-state index contributed by atoms with van der Waals surface area (Å²) in [5.41, 5.74) is 2.22. The summed E-state index contributed by atoms with van der Waals surface area (Å²) >= 11 is 6.15. The summed E-state index contributed by atoms with van der Waals surface area (Å²) in [7, 11) is 1.68. The van der Waals surface area contributed by atoms with Gasteiger partial charge in [-0.05, 0) is 24.1 Å². The van der Waals surface area contributed by atoms with Gasteiger partial charge < -0.3 is 10.6 Å². The molecule has 0 bridgehead atoms. The van der Waals surface area contributed by atoms with Crippen LogP contribution in [0.1, 0.15) is 11.1 Å². The molecular formula is C14H20ClN3O. The molecule has 1 saturated heterocycles. The van der Waals surface area contributed by atoms with Crippen LogP contribution in [0.15, 0.2) is 18.2 Å². The van der Waals surface area contributed by atoms with Gasteiger partial charge in [-0.15, -0.1) is 0 Å². The molecule has 1 aromatic rings. The normalized spacial score (nSPS) is 20.3. The van der Waals surface area contributed by atoms with Gasteiger partial charge in [-0.2, -0.15) is 0 Å². The van der Waals surface area contributed by atoms with Gasteiger partial charge in [0.2, 0.25) is 5.91 Å². The molecule has 2 rings (SSSR count). The average Bonchev–Trinajstić information content (AvgIpc) is 2.43. The largest absolute Gasteiger partial charge is 0.358 e. The van der Waals surface area contributed by atoms with Crippen molar-refractivity contribution in [2.75, 3.05) is 26.7 Å². The molecule has 1 unspecified atom stereocenters. The number of amides is 1. The molecule has 1 amide bonds. The Morgan fingerprint density at radius 3 is 3.05 bits per heavy atom. The van der Waals surface area contributed by atoms with Crippen molar-refractivity contribution in [3.05, 3.63) is 34.3 Å². The third-order valence-electron chi connectivity index (χ3n) is 3.53. The molecule has 104 valence electrons. The van der Waals surface area contributed by atoms with E-state index in [2.05, 4.69) is 21.6 Å². The standard InChI is InChI=1S/C14H20ClN3O/c1-10-3-4-11(7-12(10)15)9-18-6-5-17-8-13(18)14(19)16-2/h3-4,7,13,17H,5-6,8-9H2,1-2H3,(H,16,19). The third-order valence-corrected chi connectivity index (χ3v) is 3.93. The summed E-state index contributed by atoms with van der Waals surface area (Å²) in [5.74, 6) is 0.0606. The van der Waals surface area contributed by atoms with Gasteiger partial charge >= 0.3 is 0 Å². The lowest BCUT2D eigenvalue weighted by Gasteiger charge is -2.34. The Hall–Kier alpha value is -1.10. The molecule has 1 aromatic carbocycles. The van der Waals surface area contributed by atoms with Gasteiger partial charge in [-0.25, -0.2) is 0 Å². The second kappa shape index (κ2) is 6.37. The van der Waals surface area contributed by atoms with E-state index in [4.69, 9.17) is 11.6 Å². The van der Waals surface area contributed by atoms with Gasteiger partial charge in [-0.1, -0.05) is 23.7 Å². The number of nitrogens with zero attached hydrogens (tertiary/aromatic N) is 1. The maximum absolute atomic E-state index is 11.9. The first-order chi connectivity index (χ1) is 9.11. The smallest absolute Gasteiger partial charge is 0.238 e. The fraction of sp³-hybridized carbons (Fsp3) is 0.500. The molecule has 1 aliphatic heterocycles. The molecular weight excluding hydrogens is 262 g/mol. The fourth-order valence-corrected chi connectivity index (χ4v) is 2.53. The number of aryl methyl sites for hydroxylation is 1. The van der Waals surface area contributed by atoms with Gasteiger partial charge in [0, 0.05) is 38.2 Å². The van der Waals surface area contributed by atoms with Gasteiger partial charge in [0.1, 0.15) is 6.04 Å². The molecule has 0 radical (unpaired) electrons. The maximum Gasteiger partial charge on any atom is 0.238 e. The van der Waals surface area contributed by atoms with Crippen molar-refractivity contribution in [2.45, 2.75) is 19.5 Å². The number of piperazine rings is 1. The molecule has 1 fully saturated rings. The molecule has 4 nitrogen and oxygen atoms in total. The van der Waals surface area contributed by atoms with E-state index in [1.165, 1.54) is 0 Å². The number of carbonyl (C=O) groups excluding carboxylic acids is 1. The Morgan fingerprint density at radius 2 is 2.37 bits per heavy atom. The zero-order valence-corrected chi connectivity index (χ0v) is 12.1. The zero-order valence-electron chi connectivity index (χ0n) is 11.4. The molecule has 1 heterocycles. The van der Waals surface area contributed by atoms with Crippen molar-refractivity contribution >= 4 is 17.5 Å². The highest BCUT2D eigenvalue weighted by atomic mass is 35.5. The van der Waals surface area contributed by atoms with Gasteiger partial charge in [0.15, 0.2) is 0 Å². The molecule has 2 N–H and O–H groups in total. The minimum absolute atomic E-state index is 0.0606. The van der Waals surface area contributed by atoms with Crippen LogP contribution in [0.5, 0.6) is 0 Å². The number of benzene rings is 1. The Labute approximate surface area is 119 Å². The first kappa shape index (κ1) is 14.3. The molecule has 0 aromatic heterocycles. The number of hydrogen-bond acceptors (Lipinski definition) is 3. The van der Waals surface area contributed by atoms with Crippen LogP contribution in [0, 0.1) is 6.92 Å². The number of carbonyl (C=O) groups is 1. The van der Waals surface area contributed by atoms with Crippen LogP contribution >= 0.6 is 11.6 Å². The Kier molecular flexibility index (Phi) is 4.80. The van der Waals surface area contributed by atoms with Gasteiger partial charge in [0.05, 0.1) is 0 Å². The molecule has 19 heavy (non-hydrogen) atoms. The van der Waals surface area contributed by atoms with Crippen LogP contribution in [0.3, 0.4) is 0 Å². The van der Waals surface area contributed by atoms with E-state index in [0.717, 1.165) is 35.8 Å². The fourth-order valence-electron chi connectivity index (χ4n) is 2.33. The Balaban J connectivity index is 2.10. The number of rotatable bonds is 3. The van der Waals surface area contributed by atoms with Crippen molar-refractivity contribution in [1.82, 2.24) is 15.5 Å². The van der Waals surface area contributed by atoms with Crippen LogP contribution < -0.4 is 10.6 Å². The van der Waals surface area contributed by atoms with E-state index in [0.29, 0.717) is 6.54 Å². The third kappa shape index (κ3) is 3.47. The quantitative estimate of drug-likeness (QED) is 0.874.